The highest BCUT2D eigenvalue weighted by Crippen LogP contribution is 2.07. The third-order valence-corrected chi connectivity index (χ3v) is 2.21. The van der Waals surface area contributed by atoms with Gasteiger partial charge in [-0.05, 0) is 26.7 Å². The number of rotatable bonds is 2. The second kappa shape index (κ2) is 5.17. The van der Waals surface area contributed by atoms with Crippen LogP contribution in [0.25, 0.3) is 0 Å². The number of hydroxylamine groups is 1. The molecule has 1 fully saturated rings. The lowest BCUT2D eigenvalue weighted by molar-refractivity contribution is 0.00521. The molecule has 1 saturated heterocycles. The van der Waals surface area contributed by atoms with Crippen molar-refractivity contribution in [1.82, 2.24) is 10.4 Å². The number of nitrogens with one attached hydrogen (secondary N) is 1. The summed E-state index contributed by atoms with van der Waals surface area (Å²) < 4.78 is 0. The SMILES string of the molecule is CC(C)ONC(=O)N1CCC(N)CC1. The number of hydrogen-bond donors (Lipinski definition) is 2. The highest BCUT2D eigenvalue weighted by molar-refractivity contribution is 5.73. The number of amides is 2. The predicted octanol–water partition coefficient (Wildman–Crippen LogP) is 0.459. The molecule has 1 aliphatic rings. The van der Waals surface area contributed by atoms with E-state index in [-0.39, 0.29) is 18.2 Å². The Hall–Kier alpha value is -0.810. The summed E-state index contributed by atoms with van der Waals surface area (Å²) in [5.41, 5.74) is 8.14. The number of piperidine rings is 1. The molecule has 5 heteroatoms. The summed E-state index contributed by atoms with van der Waals surface area (Å²) in [6.07, 6.45) is 1.75. The fourth-order valence-electron chi connectivity index (χ4n) is 1.34. The monoisotopic (exact) mass is 201 g/mol. The molecule has 2 amide bonds. The lowest BCUT2D eigenvalue weighted by atomic mass is 10.1. The molecule has 0 unspecified atom stereocenters. The van der Waals surface area contributed by atoms with Crippen LogP contribution < -0.4 is 11.2 Å². The molecule has 0 aliphatic carbocycles. The molecule has 0 aromatic rings. The summed E-state index contributed by atoms with van der Waals surface area (Å²) in [6, 6.07) is 0.0793. The Kier molecular flexibility index (Phi) is 4.16. The molecule has 0 saturated carbocycles. The number of hydrogen-bond acceptors (Lipinski definition) is 3. The highest BCUT2D eigenvalue weighted by Gasteiger charge is 2.20. The number of nitrogens with zero attached hydrogens (tertiary/aromatic N) is 1. The maximum atomic E-state index is 11.5. The quantitative estimate of drug-likeness (QED) is 0.638. The number of carbonyl (C=O) groups excluding carboxylic acids is 1. The van der Waals surface area contributed by atoms with Crippen molar-refractivity contribution in [3.63, 3.8) is 0 Å². The molecule has 0 bridgehead atoms. The Bertz CT molecular complexity index is 188. The van der Waals surface area contributed by atoms with Gasteiger partial charge >= 0.3 is 6.03 Å². The highest BCUT2D eigenvalue weighted by atomic mass is 16.7. The van der Waals surface area contributed by atoms with Crippen LogP contribution >= 0.6 is 0 Å². The normalized spacial score (nSPS) is 18.7. The molecule has 1 heterocycles. The fourth-order valence-corrected chi connectivity index (χ4v) is 1.34. The summed E-state index contributed by atoms with van der Waals surface area (Å²) in [4.78, 5) is 18.2. The van der Waals surface area contributed by atoms with E-state index in [0.29, 0.717) is 13.1 Å². The summed E-state index contributed by atoms with van der Waals surface area (Å²) >= 11 is 0. The van der Waals surface area contributed by atoms with Gasteiger partial charge < -0.3 is 10.6 Å². The van der Waals surface area contributed by atoms with Crippen LogP contribution in [0.4, 0.5) is 4.79 Å². The summed E-state index contributed by atoms with van der Waals surface area (Å²) in [5, 5.41) is 0. The van der Waals surface area contributed by atoms with Crippen molar-refractivity contribution in [1.29, 1.82) is 0 Å². The van der Waals surface area contributed by atoms with Crippen molar-refractivity contribution in [3.05, 3.63) is 0 Å². The van der Waals surface area contributed by atoms with Crippen molar-refractivity contribution in [2.45, 2.75) is 38.8 Å². The molecule has 0 aromatic carbocycles. The van der Waals surface area contributed by atoms with Crippen molar-refractivity contribution >= 4 is 6.03 Å². The minimum atomic E-state index is -0.161. The van der Waals surface area contributed by atoms with Gasteiger partial charge in [0.25, 0.3) is 0 Å². The van der Waals surface area contributed by atoms with Crippen molar-refractivity contribution in [3.8, 4) is 0 Å². The Balaban J connectivity index is 2.24. The second-order valence-corrected chi connectivity index (χ2v) is 3.90. The molecule has 14 heavy (non-hydrogen) atoms. The maximum absolute atomic E-state index is 11.5. The predicted molar refractivity (Wildman–Crippen MR) is 53.5 cm³/mol. The van der Waals surface area contributed by atoms with Gasteiger partial charge in [0.1, 0.15) is 0 Å². The van der Waals surface area contributed by atoms with E-state index in [9.17, 15) is 4.79 Å². The van der Waals surface area contributed by atoms with Gasteiger partial charge in [-0.1, -0.05) is 0 Å². The van der Waals surface area contributed by atoms with Crippen LogP contribution in [0, 0.1) is 0 Å². The van der Waals surface area contributed by atoms with Crippen LogP contribution in [-0.4, -0.2) is 36.2 Å². The molecule has 1 aliphatic heterocycles. The fraction of sp³-hybridized carbons (Fsp3) is 0.889. The zero-order chi connectivity index (χ0) is 10.6. The number of carbonyl (C=O) groups is 1. The topological polar surface area (TPSA) is 67.6 Å². The minimum absolute atomic E-state index is 0.00555. The molecule has 0 spiro atoms. The van der Waals surface area contributed by atoms with Crippen molar-refractivity contribution < 1.29 is 9.63 Å². The zero-order valence-corrected chi connectivity index (χ0v) is 8.82. The van der Waals surface area contributed by atoms with E-state index in [0.717, 1.165) is 12.8 Å². The first-order chi connectivity index (χ1) is 6.59. The molecule has 82 valence electrons. The molecule has 3 N–H and O–H groups in total. The van der Waals surface area contributed by atoms with Gasteiger partial charge in [0.15, 0.2) is 0 Å². The molecule has 0 aromatic heterocycles. The molecule has 0 atom stereocenters. The van der Waals surface area contributed by atoms with E-state index in [2.05, 4.69) is 5.48 Å². The number of urea groups is 1. The third kappa shape index (κ3) is 3.51. The largest absolute Gasteiger partial charge is 0.341 e. The number of likely N-dealkylation sites (tertiary alicyclic amines) is 1. The summed E-state index contributed by atoms with van der Waals surface area (Å²) in [5.74, 6) is 0. The van der Waals surface area contributed by atoms with Crippen molar-refractivity contribution in [2.24, 2.45) is 5.73 Å². The first kappa shape index (κ1) is 11.3. The molecular weight excluding hydrogens is 182 g/mol. The second-order valence-electron chi connectivity index (χ2n) is 3.90. The van der Waals surface area contributed by atoms with E-state index in [1.165, 1.54) is 0 Å². The van der Waals surface area contributed by atoms with E-state index >= 15 is 0 Å². The van der Waals surface area contributed by atoms with Gasteiger partial charge in [-0.15, -0.1) is 0 Å². The first-order valence-corrected chi connectivity index (χ1v) is 5.05. The molecule has 1 rings (SSSR count). The van der Waals surface area contributed by atoms with Gasteiger partial charge in [-0.3, -0.25) is 4.84 Å². The van der Waals surface area contributed by atoms with Gasteiger partial charge in [-0.25, -0.2) is 10.3 Å². The Morgan fingerprint density at radius 3 is 2.57 bits per heavy atom. The smallest absolute Gasteiger partial charge is 0.328 e. The van der Waals surface area contributed by atoms with E-state index in [4.69, 9.17) is 10.6 Å². The standard InChI is InChI=1S/C9H19N3O2/c1-7(2)14-11-9(13)12-5-3-8(10)4-6-12/h7-8H,3-6,10H2,1-2H3,(H,11,13). The average molecular weight is 201 g/mol. The van der Waals surface area contributed by atoms with E-state index in [1.807, 2.05) is 13.8 Å². The van der Waals surface area contributed by atoms with Crippen LogP contribution in [-0.2, 0) is 4.84 Å². The Morgan fingerprint density at radius 2 is 2.07 bits per heavy atom. The van der Waals surface area contributed by atoms with Gasteiger partial charge in [0.05, 0.1) is 6.10 Å². The summed E-state index contributed by atoms with van der Waals surface area (Å²) in [6.45, 7) is 5.17. The Labute approximate surface area is 84.5 Å². The summed E-state index contributed by atoms with van der Waals surface area (Å²) in [7, 11) is 0. The molecule has 5 nitrogen and oxygen atoms in total. The lowest BCUT2D eigenvalue weighted by Crippen LogP contribution is -2.47. The van der Waals surface area contributed by atoms with E-state index in [1.54, 1.807) is 4.90 Å². The molecular formula is C9H19N3O2. The van der Waals surface area contributed by atoms with Gasteiger partial charge in [-0.2, -0.15) is 0 Å². The lowest BCUT2D eigenvalue weighted by Gasteiger charge is -2.30. The molecule has 0 radical (unpaired) electrons. The zero-order valence-electron chi connectivity index (χ0n) is 8.82. The van der Waals surface area contributed by atoms with Gasteiger partial charge in [0.2, 0.25) is 0 Å². The van der Waals surface area contributed by atoms with Crippen LogP contribution in [0.2, 0.25) is 0 Å². The van der Waals surface area contributed by atoms with Crippen LogP contribution in [0.15, 0.2) is 0 Å². The van der Waals surface area contributed by atoms with Crippen LogP contribution in [0.3, 0.4) is 0 Å². The van der Waals surface area contributed by atoms with Crippen molar-refractivity contribution in [2.75, 3.05) is 13.1 Å². The van der Waals surface area contributed by atoms with E-state index < -0.39 is 0 Å². The Morgan fingerprint density at radius 1 is 1.50 bits per heavy atom. The third-order valence-electron chi connectivity index (χ3n) is 2.21. The minimum Gasteiger partial charge on any atom is -0.328 e. The first-order valence-electron chi connectivity index (χ1n) is 5.05. The van der Waals surface area contributed by atoms with Gasteiger partial charge in [0, 0.05) is 19.1 Å². The number of nitrogens with two attached hydrogens (primary N) is 1. The van der Waals surface area contributed by atoms with Crippen LogP contribution in [0.1, 0.15) is 26.7 Å². The maximum Gasteiger partial charge on any atom is 0.341 e. The van der Waals surface area contributed by atoms with Crippen LogP contribution in [0.5, 0.6) is 0 Å². The average Bonchev–Trinajstić information content (AvgIpc) is 2.15.